The summed E-state index contributed by atoms with van der Waals surface area (Å²) in [6.45, 7) is 5.38. The van der Waals surface area contributed by atoms with Crippen LogP contribution in [0.1, 0.15) is 50.3 Å². The van der Waals surface area contributed by atoms with E-state index in [9.17, 15) is 18.3 Å². The van der Waals surface area contributed by atoms with E-state index >= 15 is 0 Å². The lowest BCUT2D eigenvalue weighted by molar-refractivity contribution is -0.137. The van der Waals surface area contributed by atoms with Gasteiger partial charge in [-0.25, -0.2) is 0 Å². The maximum absolute atomic E-state index is 12.6. The fourth-order valence-corrected chi connectivity index (χ4v) is 2.08. The SMILES string of the molecule is CC(C)CCCCNCC(O)c1cccc(C(F)(F)F)c1. The summed E-state index contributed by atoms with van der Waals surface area (Å²) in [7, 11) is 0. The minimum atomic E-state index is -4.37. The lowest BCUT2D eigenvalue weighted by Crippen LogP contribution is -2.22. The molecular formula is C16H24F3NO. The van der Waals surface area contributed by atoms with Gasteiger partial charge in [0.1, 0.15) is 0 Å². The highest BCUT2D eigenvalue weighted by atomic mass is 19.4. The van der Waals surface area contributed by atoms with Gasteiger partial charge >= 0.3 is 6.18 Å². The van der Waals surface area contributed by atoms with Crippen LogP contribution in [0.25, 0.3) is 0 Å². The first kappa shape index (κ1) is 18.0. The topological polar surface area (TPSA) is 32.3 Å². The highest BCUT2D eigenvalue weighted by molar-refractivity contribution is 5.27. The number of aliphatic hydroxyl groups is 1. The molecule has 0 heterocycles. The number of alkyl halides is 3. The molecule has 5 heteroatoms. The second-order valence-corrected chi connectivity index (χ2v) is 5.73. The first-order valence-corrected chi connectivity index (χ1v) is 7.36. The molecule has 1 aromatic rings. The van der Waals surface area contributed by atoms with Gasteiger partial charge in [0.2, 0.25) is 0 Å². The van der Waals surface area contributed by atoms with Gasteiger partial charge in [-0.1, -0.05) is 38.8 Å². The average Bonchev–Trinajstić information content (AvgIpc) is 2.41. The first-order chi connectivity index (χ1) is 9.80. The average molecular weight is 303 g/mol. The molecule has 120 valence electrons. The van der Waals surface area contributed by atoms with Gasteiger partial charge in [-0.05, 0) is 36.6 Å². The molecule has 0 saturated heterocycles. The normalized spacial score (nSPS) is 13.7. The number of nitrogens with one attached hydrogen (secondary N) is 1. The van der Waals surface area contributed by atoms with E-state index in [0.29, 0.717) is 11.5 Å². The van der Waals surface area contributed by atoms with Gasteiger partial charge < -0.3 is 10.4 Å². The van der Waals surface area contributed by atoms with Crippen molar-refractivity contribution in [2.75, 3.05) is 13.1 Å². The minimum Gasteiger partial charge on any atom is -0.387 e. The van der Waals surface area contributed by atoms with Gasteiger partial charge in [-0.15, -0.1) is 0 Å². The second-order valence-electron chi connectivity index (χ2n) is 5.73. The van der Waals surface area contributed by atoms with Gasteiger partial charge in [0.15, 0.2) is 0 Å². The van der Waals surface area contributed by atoms with Crippen LogP contribution in [0.2, 0.25) is 0 Å². The van der Waals surface area contributed by atoms with Crippen molar-refractivity contribution in [2.45, 2.75) is 45.4 Å². The van der Waals surface area contributed by atoms with E-state index in [-0.39, 0.29) is 6.54 Å². The minimum absolute atomic E-state index is 0.267. The Hall–Kier alpha value is -1.07. The van der Waals surface area contributed by atoms with E-state index in [1.807, 2.05) is 0 Å². The van der Waals surface area contributed by atoms with E-state index in [1.54, 1.807) is 0 Å². The highest BCUT2D eigenvalue weighted by Gasteiger charge is 2.30. The second kappa shape index (κ2) is 8.39. The molecule has 0 spiro atoms. The van der Waals surface area contributed by atoms with Crippen molar-refractivity contribution in [2.24, 2.45) is 5.92 Å². The quantitative estimate of drug-likeness (QED) is 0.707. The summed E-state index contributed by atoms with van der Waals surface area (Å²) in [6, 6.07) is 4.85. The Kier molecular flexibility index (Phi) is 7.18. The molecule has 0 aliphatic carbocycles. The maximum Gasteiger partial charge on any atom is 0.416 e. The molecule has 0 fully saturated rings. The van der Waals surface area contributed by atoms with E-state index in [2.05, 4.69) is 19.2 Å². The molecule has 0 aliphatic rings. The van der Waals surface area contributed by atoms with Crippen LogP contribution in [0.4, 0.5) is 13.2 Å². The van der Waals surface area contributed by atoms with E-state index in [0.717, 1.165) is 37.9 Å². The van der Waals surface area contributed by atoms with E-state index < -0.39 is 17.8 Å². The summed E-state index contributed by atoms with van der Waals surface area (Å²) in [6.07, 6.45) is -2.01. The third kappa shape index (κ3) is 6.96. The molecular weight excluding hydrogens is 279 g/mol. The highest BCUT2D eigenvalue weighted by Crippen LogP contribution is 2.30. The van der Waals surface area contributed by atoms with Crippen LogP contribution in [-0.2, 0) is 6.18 Å². The van der Waals surface area contributed by atoms with Crippen molar-refractivity contribution in [3.05, 3.63) is 35.4 Å². The molecule has 0 aliphatic heterocycles. The zero-order valence-electron chi connectivity index (χ0n) is 12.6. The van der Waals surface area contributed by atoms with Crippen LogP contribution in [0.15, 0.2) is 24.3 Å². The molecule has 21 heavy (non-hydrogen) atoms. The molecule has 1 unspecified atom stereocenters. The molecule has 1 atom stereocenters. The smallest absolute Gasteiger partial charge is 0.387 e. The lowest BCUT2D eigenvalue weighted by atomic mass is 10.1. The Balaban J connectivity index is 2.37. The lowest BCUT2D eigenvalue weighted by Gasteiger charge is -2.14. The summed E-state index contributed by atoms with van der Waals surface area (Å²) in [5.41, 5.74) is -0.435. The van der Waals surface area contributed by atoms with Crippen molar-refractivity contribution in [3.8, 4) is 0 Å². The van der Waals surface area contributed by atoms with Crippen molar-refractivity contribution < 1.29 is 18.3 Å². The number of halogens is 3. The summed E-state index contributed by atoms with van der Waals surface area (Å²) in [4.78, 5) is 0. The van der Waals surface area contributed by atoms with Gasteiger partial charge in [0.25, 0.3) is 0 Å². The van der Waals surface area contributed by atoms with Crippen molar-refractivity contribution >= 4 is 0 Å². The Morgan fingerprint density at radius 3 is 2.52 bits per heavy atom. The van der Waals surface area contributed by atoms with Crippen molar-refractivity contribution in [1.82, 2.24) is 5.32 Å². The summed E-state index contributed by atoms with van der Waals surface area (Å²) >= 11 is 0. The van der Waals surface area contributed by atoms with E-state index in [1.165, 1.54) is 12.1 Å². The van der Waals surface area contributed by atoms with Crippen LogP contribution in [0.3, 0.4) is 0 Å². The maximum atomic E-state index is 12.6. The van der Waals surface area contributed by atoms with E-state index in [4.69, 9.17) is 0 Å². The molecule has 2 N–H and O–H groups in total. The Labute approximate surface area is 124 Å². The fourth-order valence-electron chi connectivity index (χ4n) is 2.08. The fraction of sp³-hybridized carbons (Fsp3) is 0.625. The van der Waals surface area contributed by atoms with Gasteiger partial charge in [-0.2, -0.15) is 13.2 Å². The number of aliphatic hydroxyl groups excluding tert-OH is 1. The number of unbranched alkanes of at least 4 members (excludes halogenated alkanes) is 1. The molecule has 0 amide bonds. The molecule has 0 saturated carbocycles. The third-order valence-corrected chi connectivity index (χ3v) is 3.32. The van der Waals surface area contributed by atoms with Crippen molar-refractivity contribution in [3.63, 3.8) is 0 Å². The van der Waals surface area contributed by atoms with Crippen LogP contribution in [0, 0.1) is 5.92 Å². The van der Waals surface area contributed by atoms with Crippen LogP contribution in [0.5, 0.6) is 0 Å². The number of hydrogen-bond donors (Lipinski definition) is 2. The molecule has 0 bridgehead atoms. The summed E-state index contributed by atoms with van der Waals surface area (Å²) in [5.74, 6) is 0.681. The zero-order chi connectivity index (χ0) is 15.9. The number of rotatable bonds is 8. The molecule has 0 radical (unpaired) electrons. The number of hydrogen-bond acceptors (Lipinski definition) is 2. The van der Waals surface area contributed by atoms with Gasteiger partial charge in [0.05, 0.1) is 11.7 Å². The molecule has 2 nitrogen and oxygen atoms in total. The van der Waals surface area contributed by atoms with Crippen LogP contribution in [-0.4, -0.2) is 18.2 Å². The summed E-state index contributed by atoms with van der Waals surface area (Å²) in [5, 5.41) is 13.0. The summed E-state index contributed by atoms with van der Waals surface area (Å²) < 4.78 is 37.8. The monoisotopic (exact) mass is 303 g/mol. The van der Waals surface area contributed by atoms with Crippen molar-refractivity contribution in [1.29, 1.82) is 0 Å². The Bertz CT molecular complexity index is 418. The third-order valence-electron chi connectivity index (χ3n) is 3.32. The van der Waals surface area contributed by atoms with Gasteiger partial charge in [-0.3, -0.25) is 0 Å². The Morgan fingerprint density at radius 2 is 1.90 bits per heavy atom. The zero-order valence-corrected chi connectivity index (χ0v) is 12.6. The van der Waals surface area contributed by atoms with Gasteiger partial charge in [0, 0.05) is 6.54 Å². The number of benzene rings is 1. The standard InChI is InChI=1S/C16H24F3NO/c1-12(2)6-3-4-9-20-11-15(21)13-7-5-8-14(10-13)16(17,18)19/h5,7-8,10,12,15,20-21H,3-4,6,9,11H2,1-2H3. The van der Waals surface area contributed by atoms with Crippen LogP contribution < -0.4 is 5.32 Å². The largest absolute Gasteiger partial charge is 0.416 e. The first-order valence-electron chi connectivity index (χ1n) is 7.36. The molecule has 0 aromatic heterocycles. The predicted octanol–water partition coefficient (Wildman–Crippen LogP) is 4.15. The predicted molar refractivity (Wildman–Crippen MR) is 78.0 cm³/mol. The molecule has 1 rings (SSSR count). The molecule has 1 aromatic carbocycles. The van der Waals surface area contributed by atoms with Crippen LogP contribution >= 0.6 is 0 Å². The Morgan fingerprint density at radius 1 is 1.19 bits per heavy atom.